The maximum absolute atomic E-state index is 11.9. The SMILES string of the molecule is CN(C)C(=O)C1(C#N)CCCCCC1. The van der Waals surface area contributed by atoms with E-state index in [1.54, 1.807) is 19.0 Å². The second kappa shape index (κ2) is 4.45. The zero-order chi connectivity index (χ0) is 10.6. The molecule has 0 aliphatic heterocycles. The molecule has 1 rings (SSSR count). The van der Waals surface area contributed by atoms with Crippen molar-refractivity contribution in [1.29, 1.82) is 5.26 Å². The summed E-state index contributed by atoms with van der Waals surface area (Å²) in [4.78, 5) is 13.5. The van der Waals surface area contributed by atoms with Gasteiger partial charge in [0.1, 0.15) is 5.41 Å². The molecule has 0 aromatic heterocycles. The van der Waals surface area contributed by atoms with Crippen molar-refractivity contribution < 1.29 is 4.79 Å². The Hall–Kier alpha value is -1.04. The topological polar surface area (TPSA) is 44.1 Å². The van der Waals surface area contributed by atoms with Crippen LogP contribution < -0.4 is 0 Å². The quantitative estimate of drug-likeness (QED) is 0.599. The Kier molecular flexibility index (Phi) is 3.51. The highest BCUT2D eigenvalue weighted by molar-refractivity contribution is 5.85. The zero-order valence-electron chi connectivity index (χ0n) is 9.05. The van der Waals surface area contributed by atoms with Gasteiger partial charge in [0.25, 0.3) is 0 Å². The summed E-state index contributed by atoms with van der Waals surface area (Å²) in [5, 5.41) is 9.19. The van der Waals surface area contributed by atoms with Crippen molar-refractivity contribution in [2.75, 3.05) is 14.1 Å². The van der Waals surface area contributed by atoms with Gasteiger partial charge in [0, 0.05) is 14.1 Å². The molecule has 1 amide bonds. The standard InChI is InChI=1S/C11H18N2O/c1-13(2)10(14)11(9-12)7-5-3-4-6-8-11/h3-8H2,1-2H3. The number of carbonyl (C=O) groups excluding carboxylic acids is 1. The summed E-state index contributed by atoms with van der Waals surface area (Å²) in [6, 6.07) is 2.25. The Morgan fingerprint density at radius 2 is 1.71 bits per heavy atom. The van der Waals surface area contributed by atoms with Crippen molar-refractivity contribution in [3.63, 3.8) is 0 Å². The molecule has 0 radical (unpaired) electrons. The van der Waals surface area contributed by atoms with Gasteiger partial charge in [-0.05, 0) is 12.8 Å². The lowest BCUT2D eigenvalue weighted by Gasteiger charge is -2.26. The average molecular weight is 194 g/mol. The smallest absolute Gasteiger partial charge is 0.242 e. The van der Waals surface area contributed by atoms with E-state index in [9.17, 15) is 10.1 Å². The third-order valence-electron chi connectivity index (χ3n) is 2.99. The van der Waals surface area contributed by atoms with Gasteiger partial charge in [0.15, 0.2) is 0 Å². The third-order valence-corrected chi connectivity index (χ3v) is 2.99. The second-order valence-corrected chi connectivity index (χ2v) is 4.31. The molecule has 0 aromatic rings. The molecule has 1 aliphatic rings. The Balaban J connectivity index is 2.84. The normalized spacial score (nSPS) is 20.6. The number of nitrogens with zero attached hydrogens (tertiary/aromatic N) is 2. The van der Waals surface area contributed by atoms with E-state index in [-0.39, 0.29) is 5.91 Å². The summed E-state index contributed by atoms with van der Waals surface area (Å²) in [6.07, 6.45) is 5.80. The number of hydrogen-bond donors (Lipinski definition) is 0. The lowest BCUT2D eigenvalue weighted by atomic mass is 9.80. The van der Waals surface area contributed by atoms with Crippen LogP contribution in [0.5, 0.6) is 0 Å². The Morgan fingerprint density at radius 1 is 1.21 bits per heavy atom. The van der Waals surface area contributed by atoms with Crippen LogP contribution in [-0.2, 0) is 4.79 Å². The van der Waals surface area contributed by atoms with Gasteiger partial charge in [-0.3, -0.25) is 4.79 Å². The van der Waals surface area contributed by atoms with Gasteiger partial charge in [0.2, 0.25) is 5.91 Å². The van der Waals surface area contributed by atoms with E-state index in [0.717, 1.165) is 38.5 Å². The minimum absolute atomic E-state index is 0.0121. The monoisotopic (exact) mass is 194 g/mol. The molecule has 78 valence electrons. The summed E-state index contributed by atoms with van der Waals surface area (Å²) in [6.45, 7) is 0. The van der Waals surface area contributed by atoms with Gasteiger partial charge in [-0.1, -0.05) is 25.7 Å². The van der Waals surface area contributed by atoms with Crippen molar-refractivity contribution in [2.24, 2.45) is 5.41 Å². The highest BCUT2D eigenvalue weighted by Gasteiger charge is 2.39. The van der Waals surface area contributed by atoms with Crippen LogP contribution in [0.4, 0.5) is 0 Å². The highest BCUT2D eigenvalue weighted by Crippen LogP contribution is 2.35. The Bertz CT molecular complexity index is 245. The first kappa shape index (κ1) is 11.0. The van der Waals surface area contributed by atoms with Crippen LogP contribution in [-0.4, -0.2) is 24.9 Å². The van der Waals surface area contributed by atoms with E-state index >= 15 is 0 Å². The van der Waals surface area contributed by atoms with Crippen molar-refractivity contribution >= 4 is 5.91 Å². The van der Waals surface area contributed by atoms with E-state index in [4.69, 9.17) is 0 Å². The molecular formula is C11H18N2O. The number of rotatable bonds is 1. The number of carbonyl (C=O) groups is 1. The second-order valence-electron chi connectivity index (χ2n) is 4.31. The Labute approximate surface area is 85.7 Å². The van der Waals surface area contributed by atoms with Crippen molar-refractivity contribution in [1.82, 2.24) is 4.90 Å². The van der Waals surface area contributed by atoms with Crippen LogP contribution in [0, 0.1) is 16.7 Å². The maximum Gasteiger partial charge on any atom is 0.242 e. The number of hydrogen-bond acceptors (Lipinski definition) is 2. The highest BCUT2D eigenvalue weighted by atomic mass is 16.2. The van der Waals surface area contributed by atoms with Crippen LogP contribution in [0.3, 0.4) is 0 Å². The summed E-state index contributed by atoms with van der Waals surface area (Å²) in [7, 11) is 3.46. The zero-order valence-corrected chi connectivity index (χ0v) is 9.05. The van der Waals surface area contributed by atoms with Gasteiger partial charge < -0.3 is 4.90 Å². The van der Waals surface area contributed by atoms with Crippen LogP contribution in [0.25, 0.3) is 0 Å². The molecule has 0 bridgehead atoms. The first-order chi connectivity index (χ1) is 6.62. The van der Waals surface area contributed by atoms with Crippen molar-refractivity contribution in [2.45, 2.75) is 38.5 Å². The minimum atomic E-state index is -0.722. The van der Waals surface area contributed by atoms with Crippen LogP contribution in [0.15, 0.2) is 0 Å². The summed E-state index contributed by atoms with van der Waals surface area (Å²) in [5.41, 5.74) is -0.722. The lowest BCUT2D eigenvalue weighted by molar-refractivity contribution is -0.137. The average Bonchev–Trinajstić information content (AvgIpc) is 2.42. The van der Waals surface area contributed by atoms with E-state index in [1.807, 2.05) is 0 Å². The van der Waals surface area contributed by atoms with E-state index in [1.165, 1.54) is 0 Å². The lowest BCUT2D eigenvalue weighted by Crippen LogP contribution is -2.39. The summed E-state index contributed by atoms with van der Waals surface area (Å²) >= 11 is 0. The molecule has 3 nitrogen and oxygen atoms in total. The van der Waals surface area contributed by atoms with Crippen LogP contribution in [0.1, 0.15) is 38.5 Å². The fraction of sp³-hybridized carbons (Fsp3) is 0.818. The molecular weight excluding hydrogens is 176 g/mol. The number of amides is 1. The molecule has 1 aliphatic carbocycles. The predicted octanol–water partition coefficient (Wildman–Crippen LogP) is 1.94. The first-order valence-electron chi connectivity index (χ1n) is 5.25. The van der Waals surface area contributed by atoms with Crippen LogP contribution in [0.2, 0.25) is 0 Å². The molecule has 0 unspecified atom stereocenters. The van der Waals surface area contributed by atoms with Crippen molar-refractivity contribution in [3.8, 4) is 6.07 Å². The van der Waals surface area contributed by atoms with Gasteiger partial charge in [0.05, 0.1) is 6.07 Å². The third kappa shape index (κ3) is 2.06. The largest absolute Gasteiger partial charge is 0.347 e. The molecule has 1 saturated carbocycles. The molecule has 0 N–H and O–H groups in total. The van der Waals surface area contributed by atoms with Gasteiger partial charge >= 0.3 is 0 Å². The molecule has 0 aromatic carbocycles. The van der Waals surface area contributed by atoms with Gasteiger partial charge in [-0.25, -0.2) is 0 Å². The predicted molar refractivity (Wildman–Crippen MR) is 54.4 cm³/mol. The molecule has 14 heavy (non-hydrogen) atoms. The van der Waals surface area contributed by atoms with Gasteiger partial charge in [-0.2, -0.15) is 5.26 Å². The molecule has 0 heterocycles. The molecule has 0 spiro atoms. The van der Waals surface area contributed by atoms with Crippen LogP contribution >= 0.6 is 0 Å². The fourth-order valence-corrected chi connectivity index (χ4v) is 2.13. The van der Waals surface area contributed by atoms with E-state index < -0.39 is 5.41 Å². The Morgan fingerprint density at radius 3 is 2.07 bits per heavy atom. The van der Waals surface area contributed by atoms with Gasteiger partial charge in [-0.15, -0.1) is 0 Å². The van der Waals surface area contributed by atoms with E-state index in [2.05, 4.69) is 6.07 Å². The molecule has 0 saturated heterocycles. The van der Waals surface area contributed by atoms with E-state index in [0.29, 0.717) is 0 Å². The fourth-order valence-electron chi connectivity index (χ4n) is 2.13. The first-order valence-corrected chi connectivity index (χ1v) is 5.25. The van der Waals surface area contributed by atoms with Crippen molar-refractivity contribution in [3.05, 3.63) is 0 Å². The molecule has 1 fully saturated rings. The maximum atomic E-state index is 11.9. The molecule has 0 atom stereocenters. The summed E-state index contributed by atoms with van der Waals surface area (Å²) < 4.78 is 0. The number of nitriles is 1. The minimum Gasteiger partial charge on any atom is -0.347 e. The molecule has 3 heteroatoms. The summed E-state index contributed by atoms with van der Waals surface area (Å²) in [5.74, 6) is -0.0121.